The summed E-state index contributed by atoms with van der Waals surface area (Å²) in [6.45, 7) is 5.45. The zero-order valence-corrected chi connectivity index (χ0v) is 18.3. The number of para-hydroxylation sites is 1. The molecule has 0 unspecified atom stereocenters. The van der Waals surface area contributed by atoms with E-state index in [9.17, 15) is 4.79 Å². The maximum atomic E-state index is 13.0. The Balaban J connectivity index is 1.53. The highest BCUT2D eigenvalue weighted by atomic mass is 16.5. The van der Waals surface area contributed by atoms with Crippen LogP contribution in [-0.2, 0) is 11.3 Å². The number of carbonyl (C=O) groups is 1. The molecular weight excluding hydrogens is 386 g/mol. The monoisotopic (exact) mass is 415 g/mol. The van der Waals surface area contributed by atoms with Crippen LogP contribution in [0.25, 0.3) is 5.69 Å². The van der Waals surface area contributed by atoms with Crippen molar-refractivity contribution < 1.29 is 9.53 Å². The van der Waals surface area contributed by atoms with Gasteiger partial charge in [-0.3, -0.25) is 4.79 Å². The molecule has 5 rings (SSSR count). The molecular formula is C26H29N3O2. The number of nitrogens with zero attached hydrogens (tertiary/aromatic N) is 3. The fourth-order valence-electron chi connectivity index (χ4n) is 3.98. The first kappa shape index (κ1) is 19.9. The highest BCUT2D eigenvalue weighted by molar-refractivity contribution is 5.81. The molecule has 0 bridgehead atoms. The number of ether oxygens (including phenoxy) is 1. The lowest BCUT2D eigenvalue weighted by atomic mass is 10.2. The Morgan fingerprint density at radius 2 is 1.84 bits per heavy atom. The number of hydrogen-bond acceptors (Lipinski definition) is 3. The lowest BCUT2D eigenvalue weighted by molar-refractivity contribution is -0.133. The van der Waals surface area contributed by atoms with Crippen LogP contribution in [0.3, 0.4) is 0 Å². The van der Waals surface area contributed by atoms with Crippen LogP contribution in [0, 0.1) is 25.7 Å². The summed E-state index contributed by atoms with van der Waals surface area (Å²) >= 11 is 0. The first-order chi connectivity index (χ1) is 15.1. The largest absolute Gasteiger partial charge is 0.439 e. The normalized spacial score (nSPS) is 15.7. The van der Waals surface area contributed by atoms with Crippen molar-refractivity contribution in [3.05, 3.63) is 71.4 Å². The molecule has 0 aliphatic heterocycles. The minimum Gasteiger partial charge on any atom is -0.439 e. The summed E-state index contributed by atoms with van der Waals surface area (Å²) in [6.07, 6.45) is 4.50. The SMILES string of the molecule is Cc1cccc(Oc2c(CN(CC3CC3)C(=O)C3CC3)c(C)nn2-c2ccccc2)c1. The highest BCUT2D eigenvalue weighted by Crippen LogP contribution is 2.37. The summed E-state index contributed by atoms with van der Waals surface area (Å²) in [5.74, 6) is 2.62. The summed E-state index contributed by atoms with van der Waals surface area (Å²) in [4.78, 5) is 15.1. The van der Waals surface area contributed by atoms with Crippen LogP contribution < -0.4 is 4.74 Å². The summed E-state index contributed by atoms with van der Waals surface area (Å²) in [5, 5.41) is 4.82. The maximum Gasteiger partial charge on any atom is 0.227 e. The third kappa shape index (κ3) is 4.50. The zero-order chi connectivity index (χ0) is 21.4. The standard InChI is InChI=1S/C26H29N3O2/c1-18-7-6-10-23(15-18)31-26-24(19(2)27-29(26)22-8-4-3-5-9-22)17-28(16-20-11-12-20)25(30)21-13-14-21/h3-10,15,20-21H,11-14,16-17H2,1-2H3. The van der Waals surface area contributed by atoms with Crippen LogP contribution in [0.1, 0.15) is 42.5 Å². The van der Waals surface area contributed by atoms with E-state index in [2.05, 4.69) is 17.9 Å². The van der Waals surface area contributed by atoms with Gasteiger partial charge in [-0.2, -0.15) is 5.10 Å². The van der Waals surface area contributed by atoms with Crippen molar-refractivity contribution in [2.45, 2.75) is 46.1 Å². The second-order valence-corrected chi connectivity index (χ2v) is 8.97. The summed E-state index contributed by atoms with van der Waals surface area (Å²) in [6, 6.07) is 18.1. The second kappa shape index (κ2) is 8.22. The predicted octanol–water partition coefficient (Wildman–Crippen LogP) is 5.43. The summed E-state index contributed by atoms with van der Waals surface area (Å²) in [7, 11) is 0. The topological polar surface area (TPSA) is 47.4 Å². The lowest BCUT2D eigenvalue weighted by Gasteiger charge is -2.23. The van der Waals surface area contributed by atoms with E-state index in [1.54, 1.807) is 0 Å². The average Bonchev–Trinajstić information content (AvgIpc) is 3.68. The Bertz CT molecular complexity index is 1080. The highest BCUT2D eigenvalue weighted by Gasteiger charge is 2.37. The Kier molecular flexibility index (Phi) is 5.26. The van der Waals surface area contributed by atoms with Crippen LogP contribution in [-0.4, -0.2) is 27.1 Å². The molecule has 2 saturated carbocycles. The molecule has 0 spiro atoms. The number of benzene rings is 2. The molecule has 2 fully saturated rings. The smallest absolute Gasteiger partial charge is 0.227 e. The van der Waals surface area contributed by atoms with Gasteiger partial charge in [0, 0.05) is 12.5 Å². The van der Waals surface area contributed by atoms with Gasteiger partial charge in [0.15, 0.2) is 0 Å². The van der Waals surface area contributed by atoms with Gasteiger partial charge in [0.25, 0.3) is 0 Å². The van der Waals surface area contributed by atoms with Crippen molar-refractivity contribution in [2.24, 2.45) is 11.8 Å². The van der Waals surface area contributed by atoms with Gasteiger partial charge in [0.05, 0.1) is 23.5 Å². The van der Waals surface area contributed by atoms with Gasteiger partial charge in [0.1, 0.15) is 5.75 Å². The van der Waals surface area contributed by atoms with E-state index in [0.717, 1.165) is 47.6 Å². The van der Waals surface area contributed by atoms with E-state index < -0.39 is 0 Å². The van der Waals surface area contributed by atoms with Crippen molar-refractivity contribution in [2.75, 3.05) is 6.54 Å². The first-order valence-corrected chi connectivity index (χ1v) is 11.3. The minimum atomic E-state index is 0.212. The maximum absolute atomic E-state index is 13.0. The van der Waals surface area contributed by atoms with E-state index in [-0.39, 0.29) is 5.92 Å². The molecule has 0 saturated heterocycles. The fraction of sp³-hybridized carbons (Fsp3) is 0.385. The molecule has 2 aromatic carbocycles. The third-order valence-electron chi connectivity index (χ3n) is 6.10. The van der Waals surface area contributed by atoms with Gasteiger partial charge >= 0.3 is 0 Å². The number of hydrogen-bond donors (Lipinski definition) is 0. The van der Waals surface area contributed by atoms with Crippen LogP contribution in [0.15, 0.2) is 54.6 Å². The molecule has 2 aliphatic carbocycles. The molecule has 3 aromatic rings. The molecule has 5 heteroatoms. The predicted molar refractivity (Wildman–Crippen MR) is 120 cm³/mol. The Morgan fingerprint density at radius 1 is 1.06 bits per heavy atom. The van der Waals surface area contributed by atoms with E-state index in [1.807, 2.05) is 60.1 Å². The van der Waals surface area contributed by atoms with Gasteiger partial charge in [-0.15, -0.1) is 0 Å². The van der Waals surface area contributed by atoms with Crippen LogP contribution in [0.4, 0.5) is 0 Å². The molecule has 0 atom stereocenters. The summed E-state index contributed by atoms with van der Waals surface area (Å²) in [5.41, 5.74) is 3.97. The fourth-order valence-corrected chi connectivity index (χ4v) is 3.98. The van der Waals surface area contributed by atoms with Crippen molar-refractivity contribution >= 4 is 5.91 Å². The number of carbonyl (C=O) groups excluding carboxylic acids is 1. The molecule has 2 aliphatic rings. The van der Waals surface area contributed by atoms with E-state index in [1.165, 1.54) is 12.8 Å². The Morgan fingerprint density at radius 3 is 2.52 bits per heavy atom. The molecule has 31 heavy (non-hydrogen) atoms. The van der Waals surface area contributed by atoms with E-state index >= 15 is 0 Å². The lowest BCUT2D eigenvalue weighted by Crippen LogP contribution is -2.33. The quantitative estimate of drug-likeness (QED) is 0.493. The number of aryl methyl sites for hydroxylation is 2. The van der Waals surface area contributed by atoms with Crippen LogP contribution >= 0.6 is 0 Å². The Labute approximate surface area is 183 Å². The molecule has 1 heterocycles. The van der Waals surface area contributed by atoms with Crippen molar-refractivity contribution in [3.63, 3.8) is 0 Å². The van der Waals surface area contributed by atoms with Crippen molar-refractivity contribution in [3.8, 4) is 17.3 Å². The van der Waals surface area contributed by atoms with Crippen LogP contribution in [0.5, 0.6) is 11.6 Å². The Hall–Kier alpha value is -3.08. The van der Waals surface area contributed by atoms with Gasteiger partial charge in [-0.25, -0.2) is 4.68 Å². The number of rotatable bonds is 8. The van der Waals surface area contributed by atoms with Gasteiger partial charge in [0.2, 0.25) is 11.8 Å². The molecule has 160 valence electrons. The molecule has 0 N–H and O–H groups in total. The number of aromatic nitrogens is 2. The van der Waals surface area contributed by atoms with E-state index in [0.29, 0.717) is 24.2 Å². The van der Waals surface area contributed by atoms with Crippen molar-refractivity contribution in [1.29, 1.82) is 0 Å². The average molecular weight is 416 g/mol. The van der Waals surface area contributed by atoms with E-state index in [4.69, 9.17) is 9.84 Å². The molecule has 5 nitrogen and oxygen atoms in total. The second-order valence-electron chi connectivity index (χ2n) is 8.97. The molecule has 0 radical (unpaired) electrons. The molecule has 1 amide bonds. The van der Waals surface area contributed by atoms with Gasteiger partial charge in [-0.1, -0.05) is 30.3 Å². The summed E-state index contributed by atoms with van der Waals surface area (Å²) < 4.78 is 8.30. The van der Waals surface area contributed by atoms with Crippen molar-refractivity contribution in [1.82, 2.24) is 14.7 Å². The zero-order valence-electron chi connectivity index (χ0n) is 18.3. The molecule has 1 aromatic heterocycles. The third-order valence-corrected chi connectivity index (χ3v) is 6.10. The van der Waals surface area contributed by atoms with Crippen LogP contribution in [0.2, 0.25) is 0 Å². The minimum absolute atomic E-state index is 0.212. The van der Waals surface area contributed by atoms with Gasteiger partial charge < -0.3 is 9.64 Å². The van der Waals surface area contributed by atoms with Gasteiger partial charge in [-0.05, 0) is 75.3 Å². The number of amides is 1. The first-order valence-electron chi connectivity index (χ1n) is 11.3.